The van der Waals surface area contributed by atoms with Gasteiger partial charge in [-0.05, 0) is 50.6 Å². The SMILES string of the molecule is CC(C)(C)NC(=O)COc1cccc(-c2nc3c(c(Nc4ccc(C5CNNC5)cc4)n2)COCC3)c1. The highest BCUT2D eigenvalue weighted by Crippen LogP contribution is 2.30. The molecule has 1 fully saturated rings. The topological polar surface area (TPSA) is 109 Å². The van der Waals surface area contributed by atoms with Crippen LogP contribution in [0.1, 0.15) is 43.5 Å². The lowest BCUT2D eigenvalue weighted by Crippen LogP contribution is -2.43. The van der Waals surface area contributed by atoms with E-state index in [-0.39, 0.29) is 18.1 Å². The number of hydrogen-bond acceptors (Lipinski definition) is 8. The van der Waals surface area contributed by atoms with E-state index in [1.54, 1.807) is 0 Å². The van der Waals surface area contributed by atoms with Gasteiger partial charge in [0.2, 0.25) is 0 Å². The normalized spacial score (nSPS) is 15.8. The van der Waals surface area contributed by atoms with Crippen LogP contribution in [-0.2, 0) is 22.6 Å². The smallest absolute Gasteiger partial charge is 0.258 e. The molecule has 0 spiro atoms. The number of benzene rings is 2. The molecule has 0 unspecified atom stereocenters. The second kappa shape index (κ2) is 10.8. The zero-order valence-corrected chi connectivity index (χ0v) is 21.6. The molecule has 0 bridgehead atoms. The van der Waals surface area contributed by atoms with E-state index in [4.69, 9.17) is 19.4 Å². The fraction of sp³-hybridized carbons (Fsp3) is 0.393. The molecule has 194 valence electrons. The van der Waals surface area contributed by atoms with Gasteiger partial charge in [-0.25, -0.2) is 9.97 Å². The summed E-state index contributed by atoms with van der Waals surface area (Å²) >= 11 is 0. The molecular weight excluding hydrogens is 468 g/mol. The van der Waals surface area contributed by atoms with Crippen LogP contribution in [0.15, 0.2) is 48.5 Å². The van der Waals surface area contributed by atoms with E-state index in [2.05, 4.69) is 45.8 Å². The van der Waals surface area contributed by atoms with Crippen LogP contribution in [-0.4, -0.2) is 47.7 Å². The van der Waals surface area contributed by atoms with E-state index in [1.165, 1.54) is 5.56 Å². The number of hydrazine groups is 1. The van der Waals surface area contributed by atoms with Gasteiger partial charge in [0.25, 0.3) is 5.91 Å². The van der Waals surface area contributed by atoms with Crippen LogP contribution < -0.4 is 26.2 Å². The van der Waals surface area contributed by atoms with Gasteiger partial charge in [0, 0.05) is 47.8 Å². The molecular formula is C28H34N6O3. The second-order valence-electron chi connectivity index (χ2n) is 10.4. The highest BCUT2D eigenvalue weighted by Gasteiger charge is 2.21. The Morgan fingerprint density at radius 1 is 1.11 bits per heavy atom. The third-order valence-corrected chi connectivity index (χ3v) is 6.27. The van der Waals surface area contributed by atoms with E-state index < -0.39 is 0 Å². The van der Waals surface area contributed by atoms with Gasteiger partial charge >= 0.3 is 0 Å². The van der Waals surface area contributed by atoms with E-state index >= 15 is 0 Å². The Morgan fingerprint density at radius 3 is 2.65 bits per heavy atom. The van der Waals surface area contributed by atoms with Gasteiger partial charge in [0.15, 0.2) is 12.4 Å². The molecule has 2 aliphatic rings. The number of ether oxygens (including phenoxy) is 2. The Bertz CT molecular complexity index is 1250. The summed E-state index contributed by atoms with van der Waals surface area (Å²) in [6, 6.07) is 16.0. The summed E-state index contributed by atoms with van der Waals surface area (Å²) in [4.78, 5) is 21.9. The van der Waals surface area contributed by atoms with E-state index in [0.717, 1.165) is 47.8 Å². The van der Waals surface area contributed by atoms with Crippen LogP contribution in [0.25, 0.3) is 11.4 Å². The summed E-state index contributed by atoms with van der Waals surface area (Å²) in [6.07, 6.45) is 0.726. The van der Waals surface area contributed by atoms with Crippen molar-refractivity contribution in [1.82, 2.24) is 26.1 Å². The second-order valence-corrected chi connectivity index (χ2v) is 10.4. The monoisotopic (exact) mass is 502 g/mol. The lowest BCUT2D eigenvalue weighted by Gasteiger charge is -2.21. The third kappa shape index (κ3) is 6.43. The molecule has 1 saturated heterocycles. The molecule has 1 amide bonds. The maximum absolute atomic E-state index is 12.2. The van der Waals surface area contributed by atoms with Crippen LogP contribution in [0.2, 0.25) is 0 Å². The Kier molecular flexibility index (Phi) is 7.36. The molecule has 0 radical (unpaired) electrons. The largest absolute Gasteiger partial charge is 0.484 e. The highest BCUT2D eigenvalue weighted by atomic mass is 16.5. The van der Waals surface area contributed by atoms with Gasteiger partial charge in [0.1, 0.15) is 11.6 Å². The van der Waals surface area contributed by atoms with Crippen LogP contribution in [0.4, 0.5) is 11.5 Å². The van der Waals surface area contributed by atoms with Crippen molar-refractivity contribution in [1.29, 1.82) is 0 Å². The highest BCUT2D eigenvalue weighted by molar-refractivity contribution is 5.78. The van der Waals surface area contributed by atoms with Crippen molar-refractivity contribution in [2.75, 3.05) is 31.6 Å². The van der Waals surface area contributed by atoms with Gasteiger partial charge in [0.05, 0.1) is 18.9 Å². The minimum Gasteiger partial charge on any atom is -0.484 e. The first-order valence-electron chi connectivity index (χ1n) is 12.7. The number of anilines is 2. The van der Waals surface area contributed by atoms with Gasteiger partial charge in [-0.2, -0.15) is 0 Å². The lowest BCUT2D eigenvalue weighted by molar-refractivity contribution is -0.124. The molecule has 1 aromatic heterocycles. The number of carbonyl (C=O) groups excluding carboxylic acids is 1. The van der Waals surface area contributed by atoms with Gasteiger partial charge < -0.3 is 20.1 Å². The average molecular weight is 503 g/mol. The number of carbonyl (C=O) groups is 1. The summed E-state index contributed by atoms with van der Waals surface area (Å²) in [5.41, 5.74) is 11.1. The minimum absolute atomic E-state index is 0.0567. The molecule has 3 heterocycles. The molecule has 2 aliphatic heterocycles. The number of fused-ring (bicyclic) bond motifs is 1. The quantitative estimate of drug-likeness (QED) is 0.389. The molecule has 9 heteroatoms. The first kappa shape index (κ1) is 25.1. The Hall–Kier alpha value is -3.53. The van der Waals surface area contributed by atoms with Crippen molar-refractivity contribution in [2.45, 2.75) is 45.3 Å². The number of amides is 1. The molecule has 0 aliphatic carbocycles. The average Bonchev–Trinajstić information content (AvgIpc) is 3.42. The summed E-state index contributed by atoms with van der Waals surface area (Å²) in [7, 11) is 0. The minimum atomic E-state index is -0.308. The van der Waals surface area contributed by atoms with Crippen molar-refractivity contribution >= 4 is 17.4 Å². The van der Waals surface area contributed by atoms with Gasteiger partial charge in [-0.15, -0.1) is 0 Å². The Balaban J connectivity index is 1.36. The summed E-state index contributed by atoms with van der Waals surface area (Å²) < 4.78 is 11.5. The van der Waals surface area contributed by atoms with Crippen LogP contribution in [0, 0.1) is 0 Å². The summed E-state index contributed by atoms with van der Waals surface area (Å²) in [5.74, 6) is 2.24. The van der Waals surface area contributed by atoms with E-state index in [9.17, 15) is 4.79 Å². The zero-order chi connectivity index (χ0) is 25.8. The molecule has 0 atom stereocenters. The van der Waals surface area contributed by atoms with E-state index in [0.29, 0.717) is 30.7 Å². The molecule has 0 saturated carbocycles. The number of rotatable bonds is 7. The van der Waals surface area contributed by atoms with Crippen molar-refractivity contribution in [3.63, 3.8) is 0 Å². The van der Waals surface area contributed by atoms with Crippen molar-refractivity contribution in [3.05, 3.63) is 65.4 Å². The number of nitrogens with zero attached hydrogens (tertiary/aromatic N) is 2. The molecule has 4 N–H and O–H groups in total. The molecule has 37 heavy (non-hydrogen) atoms. The lowest BCUT2D eigenvalue weighted by atomic mass is 10.0. The van der Waals surface area contributed by atoms with Crippen LogP contribution >= 0.6 is 0 Å². The first-order chi connectivity index (χ1) is 17.8. The third-order valence-electron chi connectivity index (χ3n) is 6.27. The number of nitrogens with one attached hydrogen (secondary N) is 4. The predicted octanol–water partition coefficient (Wildman–Crippen LogP) is 3.44. The number of hydrogen-bond donors (Lipinski definition) is 4. The maximum Gasteiger partial charge on any atom is 0.258 e. The molecule has 2 aromatic carbocycles. The maximum atomic E-state index is 12.2. The molecule has 3 aromatic rings. The van der Waals surface area contributed by atoms with E-state index in [1.807, 2.05) is 45.0 Å². The van der Waals surface area contributed by atoms with Crippen molar-refractivity contribution in [3.8, 4) is 17.1 Å². The van der Waals surface area contributed by atoms with Crippen LogP contribution in [0.5, 0.6) is 5.75 Å². The fourth-order valence-corrected chi connectivity index (χ4v) is 4.47. The van der Waals surface area contributed by atoms with Crippen molar-refractivity contribution in [2.24, 2.45) is 0 Å². The Labute approximate surface area is 217 Å². The molecule has 9 nitrogen and oxygen atoms in total. The van der Waals surface area contributed by atoms with Gasteiger partial charge in [-0.3, -0.25) is 15.6 Å². The zero-order valence-electron chi connectivity index (χ0n) is 21.6. The predicted molar refractivity (Wildman–Crippen MR) is 143 cm³/mol. The number of aromatic nitrogens is 2. The van der Waals surface area contributed by atoms with Crippen molar-refractivity contribution < 1.29 is 14.3 Å². The first-order valence-corrected chi connectivity index (χ1v) is 12.7. The fourth-order valence-electron chi connectivity index (χ4n) is 4.47. The van der Waals surface area contributed by atoms with Gasteiger partial charge in [-0.1, -0.05) is 24.3 Å². The Morgan fingerprint density at radius 2 is 1.89 bits per heavy atom. The van der Waals surface area contributed by atoms with Crippen LogP contribution in [0.3, 0.4) is 0 Å². The standard InChI is InChI=1S/C28H34N6O3/c1-28(2,3)34-25(35)17-37-22-6-4-5-19(13-22)26-32-24-11-12-36-16-23(24)27(33-26)31-21-9-7-18(8-10-21)20-14-29-30-15-20/h4-10,13,20,29-30H,11-12,14-17H2,1-3H3,(H,34,35)(H,31,32,33). The summed E-state index contributed by atoms with van der Waals surface area (Å²) in [5, 5.41) is 6.39. The summed E-state index contributed by atoms with van der Waals surface area (Å²) in [6.45, 7) is 8.72. The molecule has 5 rings (SSSR count).